The minimum Gasteiger partial charge on any atom is -0.507 e. The molecule has 6 heteroatoms. The van der Waals surface area contributed by atoms with Crippen molar-refractivity contribution in [3.63, 3.8) is 0 Å². The Balaban J connectivity index is 1.73. The van der Waals surface area contributed by atoms with Gasteiger partial charge in [0.15, 0.2) is 11.5 Å². The fourth-order valence-electron chi connectivity index (χ4n) is 1.94. The van der Waals surface area contributed by atoms with Crippen molar-refractivity contribution in [2.45, 2.75) is 20.0 Å². The van der Waals surface area contributed by atoms with Crippen molar-refractivity contribution in [3.05, 3.63) is 30.1 Å². The number of hydrogen-bond donors (Lipinski definition) is 2. The second-order valence-electron chi connectivity index (χ2n) is 4.27. The normalized spacial score (nSPS) is 12.7. The van der Waals surface area contributed by atoms with Crippen LogP contribution in [-0.4, -0.2) is 21.7 Å². The van der Waals surface area contributed by atoms with Crippen molar-refractivity contribution in [1.29, 1.82) is 0 Å². The van der Waals surface area contributed by atoms with Crippen molar-refractivity contribution in [3.8, 4) is 17.2 Å². The van der Waals surface area contributed by atoms with Crippen molar-refractivity contribution >= 4 is 5.69 Å². The van der Waals surface area contributed by atoms with Crippen LogP contribution in [0.5, 0.6) is 17.2 Å². The highest BCUT2D eigenvalue weighted by molar-refractivity contribution is 5.52. The van der Waals surface area contributed by atoms with Gasteiger partial charge in [0.05, 0.1) is 11.9 Å². The summed E-state index contributed by atoms with van der Waals surface area (Å²) in [5, 5.41) is 17.3. The third-order valence-corrected chi connectivity index (χ3v) is 3.01. The molecule has 0 fully saturated rings. The average molecular weight is 261 g/mol. The predicted molar refractivity (Wildman–Crippen MR) is 69.5 cm³/mol. The number of rotatable bonds is 4. The molecule has 0 amide bonds. The summed E-state index contributed by atoms with van der Waals surface area (Å²) in [6.45, 7) is 3.56. The zero-order valence-electron chi connectivity index (χ0n) is 10.6. The second-order valence-corrected chi connectivity index (χ2v) is 4.27. The monoisotopic (exact) mass is 261 g/mol. The predicted octanol–water partition coefficient (Wildman–Crippen LogP) is 1.95. The molecule has 100 valence electrons. The van der Waals surface area contributed by atoms with E-state index in [9.17, 15) is 5.11 Å². The number of aryl methyl sites for hydroxylation is 1. The molecule has 0 spiro atoms. The lowest BCUT2D eigenvalue weighted by atomic mass is 10.1. The number of phenolic OH excluding ortho intramolecular Hbond substituents is 1. The molecule has 1 aromatic heterocycles. The van der Waals surface area contributed by atoms with Crippen LogP contribution in [0.15, 0.2) is 24.5 Å². The molecule has 3 rings (SSSR count). The molecule has 0 unspecified atom stereocenters. The molecule has 0 bridgehead atoms. The fourth-order valence-corrected chi connectivity index (χ4v) is 1.94. The van der Waals surface area contributed by atoms with Crippen LogP contribution in [0.25, 0.3) is 0 Å². The van der Waals surface area contributed by atoms with Crippen LogP contribution in [0.1, 0.15) is 12.5 Å². The third-order valence-electron chi connectivity index (χ3n) is 3.01. The number of nitrogens with zero attached hydrogens (tertiary/aromatic N) is 2. The number of hydrogen-bond acceptors (Lipinski definition) is 5. The van der Waals surface area contributed by atoms with Gasteiger partial charge in [-0.1, -0.05) is 0 Å². The van der Waals surface area contributed by atoms with E-state index in [4.69, 9.17) is 9.47 Å². The number of anilines is 1. The summed E-state index contributed by atoms with van der Waals surface area (Å²) in [5.41, 5.74) is 1.67. The molecule has 1 aliphatic rings. The Kier molecular flexibility index (Phi) is 2.91. The first-order valence-corrected chi connectivity index (χ1v) is 6.14. The molecule has 1 aromatic carbocycles. The van der Waals surface area contributed by atoms with E-state index in [-0.39, 0.29) is 12.5 Å². The lowest BCUT2D eigenvalue weighted by Crippen LogP contribution is -1.99. The van der Waals surface area contributed by atoms with Crippen LogP contribution in [0.2, 0.25) is 0 Å². The molecule has 19 heavy (non-hydrogen) atoms. The van der Waals surface area contributed by atoms with Crippen molar-refractivity contribution in [1.82, 2.24) is 9.78 Å². The van der Waals surface area contributed by atoms with Gasteiger partial charge in [0.2, 0.25) is 6.79 Å². The van der Waals surface area contributed by atoms with Crippen LogP contribution in [0.3, 0.4) is 0 Å². The Hall–Kier alpha value is -2.37. The van der Waals surface area contributed by atoms with Gasteiger partial charge in [-0.3, -0.25) is 4.68 Å². The van der Waals surface area contributed by atoms with Crippen molar-refractivity contribution in [2.24, 2.45) is 0 Å². The molecule has 0 radical (unpaired) electrons. The molecule has 0 saturated carbocycles. The Bertz CT molecular complexity index is 595. The van der Waals surface area contributed by atoms with E-state index in [1.807, 2.05) is 17.8 Å². The number of nitrogens with one attached hydrogen (secondary N) is 1. The van der Waals surface area contributed by atoms with Gasteiger partial charge in [0.25, 0.3) is 0 Å². The van der Waals surface area contributed by atoms with Crippen LogP contribution < -0.4 is 14.8 Å². The Morgan fingerprint density at radius 2 is 2.16 bits per heavy atom. The molecule has 0 atom stereocenters. The lowest BCUT2D eigenvalue weighted by molar-refractivity contribution is 0.174. The van der Waals surface area contributed by atoms with E-state index in [2.05, 4.69) is 10.4 Å². The van der Waals surface area contributed by atoms with Gasteiger partial charge in [-0.15, -0.1) is 0 Å². The lowest BCUT2D eigenvalue weighted by Gasteiger charge is -2.07. The number of ether oxygens (including phenoxy) is 2. The maximum absolute atomic E-state index is 9.91. The first-order valence-electron chi connectivity index (χ1n) is 6.14. The zero-order valence-corrected chi connectivity index (χ0v) is 10.6. The van der Waals surface area contributed by atoms with Crippen molar-refractivity contribution < 1.29 is 14.6 Å². The van der Waals surface area contributed by atoms with Crippen LogP contribution in [0, 0.1) is 0 Å². The molecule has 0 aliphatic carbocycles. The summed E-state index contributed by atoms with van der Waals surface area (Å²) in [6.07, 6.45) is 3.68. The van der Waals surface area contributed by atoms with Gasteiger partial charge in [0.1, 0.15) is 5.75 Å². The highest BCUT2D eigenvalue weighted by atomic mass is 16.7. The number of phenols is 1. The minimum atomic E-state index is 0.194. The van der Waals surface area contributed by atoms with Gasteiger partial charge < -0.3 is 19.9 Å². The number of fused-ring (bicyclic) bond motifs is 1. The van der Waals surface area contributed by atoms with Crippen LogP contribution >= 0.6 is 0 Å². The highest BCUT2D eigenvalue weighted by Gasteiger charge is 2.16. The molecule has 0 saturated heterocycles. The summed E-state index contributed by atoms with van der Waals surface area (Å²) in [6, 6.07) is 3.36. The SMILES string of the molecule is CCn1cc(NCc2cc3c(cc2O)OCO3)cn1. The van der Waals surface area contributed by atoms with E-state index in [0.717, 1.165) is 17.8 Å². The number of benzene rings is 1. The van der Waals surface area contributed by atoms with Gasteiger partial charge in [0, 0.05) is 30.9 Å². The molecule has 6 nitrogen and oxygen atoms in total. The maximum Gasteiger partial charge on any atom is 0.231 e. The average Bonchev–Trinajstić information content (AvgIpc) is 3.03. The Morgan fingerprint density at radius 3 is 2.89 bits per heavy atom. The van der Waals surface area contributed by atoms with E-state index in [1.165, 1.54) is 0 Å². The summed E-state index contributed by atoms with van der Waals surface area (Å²) < 4.78 is 12.3. The summed E-state index contributed by atoms with van der Waals surface area (Å²) in [7, 11) is 0. The third kappa shape index (κ3) is 2.29. The van der Waals surface area contributed by atoms with E-state index in [0.29, 0.717) is 18.0 Å². The maximum atomic E-state index is 9.91. The summed E-state index contributed by atoms with van der Waals surface area (Å²) in [5.74, 6) is 1.44. The standard InChI is InChI=1S/C13H15N3O3/c1-2-16-7-10(6-15-16)14-5-9-3-12-13(4-11(9)17)19-8-18-12/h3-4,6-7,14,17H,2,5,8H2,1H3. The van der Waals surface area contributed by atoms with E-state index in [1.54, 1.807) is 18.3 Å². The van der Waals surface area contributed by atoms with E-state index < -0.39 is 0 Å². The Labute approximate surface area is 110 Å². The molecule has 2 N–H and O–H groups in total. The topological polar surface area (TPSA) is 68.5 Å². The van der Waals surface area contributed by atoms with Gasteiger partial charge in [-0.2, -0.15) is 5.10 Å². The van der Waals surface area contributed by atoms with E-state index >= 15 is 0 Å². The first-order chi connectivity index (χ1) is 9.26. The summed E-state index contributed by atoms with van der Waals surface area (Å²) >= 11 is 0. The summed E-state index contributed by atoms with van der Waals surface area (Å²) in [4.78, 5) is 0. The molecular formula is C13H15N3O3. The highest BCUT2D eigenvalue weighted by Crippen LogP contribution is 2.37. The zero-order chi connectivity index (χ0) is 13.2. The van der Waals surface area contributed by atoms with Gasteiger partial charge in [-0.25, -0.2) is 0 Å². The molecule has 2 heterocycles. The quantitative estimate of drug-likeness (QED) is 0.880. The number of aromatic nitrogens is 2. The largest absolute Gasteiger partial charge is 0.507 e. The van der Waals surface area contributed by atoms with Crippen LogP contribution in [0.4, 0.5) is 5.69 Å². The van der Waals surface area contributed by atoms with Crippen LogP contribution in [-0.2, 0) is 13.1 Å². The van der Waals surface area contributed by atoms with Gasteiger partial charge >= 0.3 is 0 Å². The second kappa shape index (κ2) is 4.72. The Morgan fingerprint density at radius 1 is 1.37 bits per heavy atom. The minimum absolute atomic E-state index is 0.194. The molecule has 2 aromatic rings. The number of aromatic hydroxyl groups is 1. The smallest absolute Gasteiger partial charge is 0.231 e. The fraction of sp³-hybridized carbons (Fsp3) is 0.308. The first kappa shape index (κ1) is 11.7. The molecular weight excluding hydrogens is 246 g/mol. The molecule has 1 aliphatic heterocycles. The van der Waals surface area contributed by atoms with Crippen molar-refractivity contribution in [2.75, 3.05) is 12.1 Å². The van der Waals surface area contributed by atoms with Gasteiger partial charge in [-0.05, 0) is 13.0 Å².